The summed E-state index contributed by atoms with van der Waals surface area (Å²) in [5.41, 5.74) is 8.71. The van der Waals surface area contributed by atoms with E-state index in [4.69, 9.17) is 10.5 Å². The molecule has 2 nitrogen and oxygen atoms in total. The zero-order chi connectivity index (χ0) is 15.6. The van der Waals surface area contributed by atoms with Crippen molar-refractivity contribution in [3.8, 4) is 11.5 Å². The summed E-state index contributed by atoms with van der Waals surface area (Å²) in [4.78, 5) is 0. The maximum Gasteiger partial charge on any atom is 0.167 e. The Kier molecular flexibility index (Phi) is 4.63. The Labute approximate surface area is 125 Å². The Morgan fingerprint density at radius 3 is 2.43 bits per heavy atom. The number of hydrogen-bond donors (Lipinski definition) is 1. The molecule has 0 saturated heterocycles. The van der Waals surface area contributed by atoms with E-state index >= 15 is 0 Å². The molecule has 1 atom stereocenters. The van der Waals surface area contributed by atoms with Crippen LogP contribution in [0.25, 0.3) is 0 Å². The smallest absolute Gasteiger partial charge is 0.167 e. The lowest BCUT2D eigenvalue weighted by atomic mass is 10.0. The van der Waals surface area contributed by atoms with E-state index in [1.54, 1.807) is 12.1 Å². The van der Waals surface area contributed by atoms with E-state index in [9.17, 15) is 4.39 Å². The summed E-state index contributed by atoms with van der Waals surface area (Å²) in [5, 5.41) is 0. The molecule has 21 heavy (non-hydrogen) atoms. The van der Waals surface area contributed by atoms with E-state index in [1.165, 1.54) is 6.07 Å². The molecule has 2 N–H and O–H groups in total. The molecule has 0 spiro atoms. The summed E-state index contributed by atoms with van der Waals surface area (Å²) in [5.74, 6) is 0.894. The average Bonchev–Trinajstić information content (AvgIpc) is 2.42. The minimum atomic E-state index is -0.390. The maximum absolute atomic E-state index is 14.1. The van der Waals surface area contributed by atoms with Gasteiger partial charge in [-0.05, 0) is 43.0 Å². The Morgan fingerprint density at radius 2 is 1.81 bits per heavy atom. The molecular formula is C18H22FNO. The minimum Gasteiger partial charge on any atom is -0.454 e. The van der Waals surface area contributed by atoms with Gasteiger partial charge in [-0.3, -0.25) is 0 Å². The van der Waals surface area contributed by atoms with Gasteiger partial charge in [0.15, 0.2) is 11.6 Å². The standard InChI is InChI=1S/C18H22FNO/c1-11(2)14-9-8-12(3)17(10-14)21-18-15(13(4)20)6-5-7-16(18)19/h5-11,13H,20H2,1-4H3. The summed E-state index contributed by atoms with van der Waals surface area (Å²) in [6, 6.07) is 10.6. The summed E-state index contributed by atoms with van der Waals surface area (Å²) >= 11 is 0. The molecule has 0 saturated carbocycles. The van der Waals surface area contributed by atoms with E-state index in [0.717, 1.165) is 11.1 Å². The molecule has 0 amide bonds. The summed E-state index contributed by atoms with van der Waals surface area (Å²) < 4.78 is 20.0. The second-order valence-electron chi connectivity index (χ2n) is 5.73. The van der Waals surface area contributed by atoms with Crippen LogP contribution >= 0.6 is 0 Å². The first kappa shape index (κ1) is 15.5. The molecule has 0 heterocycles. The molecule has 1 unspecified atom stereocenters. The first-order chi connectivity index (χ1) is 9.90. The van der Waals surface area contributed by atoms with Gasteiger partial charge in [0.1, 0.15) is 5.75 Å². The lowest BCUT2D eigenvalue weighted by molar-refractivity contribution is 0.429. The molecule has 0 aliphatic heterocycles. The van der Waals surface area contributed by atoms with Crippen LogP contribution < -0.4 is 10.5 Å². The number of hydrogen-bond acceptors (Lipinski definition) is 2. The van der Waals surface area contributed by atoms with Gasteiger partial charge >= 0.3 is 0 Å². The van der Waals surface area contributed by atoms with E-state index in [-0.39, 0.29) is 17.6 Å². The van der Waals surface area contributed by atoms with Gasteiger partial charge < -0.3 is 10.5 Å². The van der Waals surface area contributed by atoms with Crippen molar-refractivity contribution in [3.63, 3.8) is 0 Å². The molecule has 0 aliphatic carbocycles. The van der Waals surface area contributed by atoms with Crippen LogP contribution in [-0.2, 0) is 0 Å². The highest BCUT2D eigenvalue weighted by atomic mass is 19.1. The Bertz CT molecular complexity index is 635. The van der Waals surface area contributed by atoms with Crippen LogP contribution in [0.15, 0.2) is 36.4 Å². The van der Waals surface area contributed by atoms with E-state index in [2.05, 4.69) is 19.9 Å². The average molecular weight is 287 g/mol. The van der Waals surface area contributed by atoms with E-state index < -0.39 is 0 Å². The highest BCUT2D eigenvalue weighted by Gasteiger charge is 2.15. The molecule has 0 aromatic heterocycles. The van der Waals surface area contributed by atoms with Crippen molar-refractivity contribution in [2.24, 2.45) is 5.73 Å². The number of rotatable bonds is 4. The fraction of sp³-hybridized carbons (Fsp3) is 0.333. The number of ether oxygens (including phenoxy) is 1. The Hall–Kier alpha value is -1.87. The molecule has 0 aliphatic rings. The third-order valence-corrected chi connectivity index (χ3v) is 3.58. The summed E-state index contributed by atoms with van der Waals surface area (Å²) in [6.07, 6.45) is 0. The topological polar surface area (TPSA) is 35.2 Å². The molecule has 2 aromatic rings. The number of nitrogens with two attached hydrogens (primary N) is 1. The van der Waals surface area contributed by atoms with Crippen LogP contribution in [0.2, 0.25) is 0 Å². The van der Waals surface area contributed by atoms with E-state index in [1.807, 2.05) is 26.0 Å². The van der Waals surface area contributed by atoms with Crippen LogP contribution in [0.3, 0.4) is 0 Å². The lowest BCUT2D eigenvalue weighted by Crippen LogP contribution is -2.08. The zero-order valence-corrected chi connectivity index (χ0v) is 13.0. The second-order valence-corrected chi connectivity index (χ2v) is 5.73. The van der Waals surface area contributed by atoms with Gasteiger partial charge in [0, 0.05) is 11.6 Å². The van der Waals surface area contributed by atoms with Gasteiger partial charge in [-0.1, -0.05) is 38.1 Å². The molecule has 2 rings (SSSR count). The first-order valence-electron chi connectivity index (χ1n) is 7.22. The number of aryl methyl sites for hydroxylation is 1. The van der Waals surface area contributed by atoms with Gasteiger partial charge in [-0.2, -0.15) is 0 Å². The summed E-state index contributed by atoms with van der Waals surface area (Å²) in [6.45, 7) is 8.00. The van der Waals surface area contributed by atoms with Crippen molar-refractivity contribution in [2.75, 3.05) is 0 Å². The number of para-hydroxylation sites is 1. The SMILES string of the molecule is Cc1ccc(C(C)C)cc1Oc1c(F)cccc1C(C)N. The molecule has 0 radical (unpaired) electrons. The van der Waals surface area contributed by atoms with Crippen molar-refractivity contribution in [2.45, 2.75) is 39.7 Å². The van der Waals surface area contributed by atoms with Crippen molar-refractivity contribution >= 4 is 0 Å². The van der Waals surface area contributed by atoms with Gasteiger partial charge in [0.2, 0.25) is 0 Å². The van der Waals surface area contributed by atoms with Gasteiger partial charge in [0.05, 0.1) is 0 Å². The minimum absolute atomic E-state index is 0.219. The van der Waals surface area contributed by atoms with Crippen LogP contribution in [0.5, 0.6) is 11.5 Å². The fourth-order valence-electron chi connectivity index (χ4n) is 2.19. The van der Waals surface area contributed by atoms with Crippen LogP contribution in [-0.4, -0.2) is 0 Å². The third-order valence-electron chi connectivity index (χ3n) is 3.58. The molecule has 112 valence electrons. The highest BCUT2D eigenvalue weighted by Crippen LogP contribution is 2.34. The van der Waals surface area contributed by atoms with Crippen LogP contribution in [0, 0.1) is 12.7 Å². The predicted molar refractivity (Wildman–Crippen MR) is 84.3 cm³/mol. The number of benzene rings is 2. The van der Waals surface area contributed by atoms with E-state index in [0.29, 0.717) is 17.2 Å². The quantitative estimate of drug-likeness (QED) is 0.852. The first-order valence-corrected chi connectivity index (χ1v) is 7.22. The van der Waals surface area contributed by atoms with Crippen molar-refractivity contribution < 1.29 is 9.13 Å². The molecular weight excluding hydrogens is 265 g/mol. The number of halogens is 1. The predicted octanol–water partition coefficient (Wildman–Crippen LogP) is 5.07. The third kappa shape index (κ3) is 3.42. The molecule has 2 aromatic carbocycles. The molecule has 3 heteroatoms. The lowest BCUT2D eigenvalue weighted by Gasteiger charge is -2.17. The monoisotopic (exact) mass is 287 g/mol. The van der Waals surface area contributed by atoms with Gasteiger partial charge in [-0.25, -0.2) is 4.39 Å². The fourth-order valence-corrected chi connectivity index (χ4v) is 2.19. The van der Waals surface area contributed by atoms with Gasteiger partial charge in [0.25, 0.3) is 0 Å². The van der Waals surface area contributed by atoms with Crippen molar-refractivity contribution in [1.29, 1.82) is 0 Å². The van der Waals surface area contributed by atoms with Gasteiger partial charge in [-0.15, -0.1) is 0 Å². The molecule has 0 bridgehead atoms. The highest BCUT2D eigenvalue weighted by molar-refractivity contribution is 5.44. The second kappa shape index (κ2) is 6.27. The van der Waals surface area contributed by atoms with Crippen LogP contribution in [0.4, 0.5) is 4.39 Å². The normalized spacial score (nSPS) is 12.5. The van der Waals surface area contributed by atoms with Crippen LogP contribution in [0.1, 0.15) is 49.4 Å². The maximum atomic E-state index is 14.1. The summed E-state index contributed by atoms with van der Waals surface area (Å²) in [7, 11) is 0. The largest absolute Gasteiger partial charge is 0.454 e. The zero-order valence-electron chi connectivity index (χ0n) is 13.0. The Morgan fingerprint density at radius 1 is 1.10 bits per heavy atom. The van der Waals surface area contributed by atoms with Crippen molar-refractivity contribution in [1.82, 2.24) is 0 Å². The Balaban J connectivity index is 2.45. The molecule has 0 fully saturated rings. The van der Waals surface area contributed by atoms with Crippen molar-refractivity contribution in [3.05, 3.63) is 58.9 Å².